The van der Waals surface area contributed by atoms with Crippen LogP contribution in [0.25, 0.3) is 97.4 Å². The van der Waals surface area contributed by atoms with E-state index in [-0.39, 0.29) is 0 Å². The summed E-state index contributed by atoms with van der Waals surface area (Å²) in [6.45, 7) is 0. The Morgan fingerprint density at radius 2 is 0.979 bits per heavy atom. The van der Waals surface area contributed by atoms with E-state index in [9.17, 15) is 0 Å². The van der Waals surface area contributed by atoms with Crippen molar-refractivity contribution in [2.24, 2.45) is 0 Å². The lowest BCUT2D eigenvalue weighted by molar-refractivity contribution is 1.36. The molecular formula is C43H25N3S. The van der Waals surface area contributed by atoms with E-state index >= 15 is 0 Å². The third-order valence-electron chi connectivity index (χ3n) is 9.22. The first-order valence-electron chi connectivity index (χ1n) is 15.8. The van der Waals surface area contributed by atoms with Gasteiger partial charge in [0.1, 0.15) is 0 Å². The molecule has 0 fully saturated rings. The van der Waals surface area contributed by atoms with Crippen LogP contribution in [0.2, 0.25) is 0 Å². The van der Waals surface area contributed by atoms with Gasteiger partial charge in [-0.05, 0) is 41.1 Å². The molecule has 218 valence electrons. The molecular weight excluding hydrogens is 591 g/mol. The highest BCUT2D eigenvalue weighted by atomic mass is 32.1. The number of nitrogens with zero attached hydrogens (tertiary/aromatic N) is 3. The van der Waals surface area contributed by atoms with Crippen molar-refractivity contribution >= 4 is 75.0 Å². The van der Waals surface area contributed by atoms with Crippen molar-refractivity contribution in [2.45, 2.75) is 0 Å². The lowest BCUT2D eigenvalue weighted by atomic mass is 9.99. The van der Waals surface area contributed by atoms with Crippen LogP contribution in [-0.4, -0.2) is 15.0 Å². The van der Waals surface area contributed by atoms with Crippen LogP contribution in [0, 0.1) is 0 Å². The molecule has 10 rings (SSSR count). The predicted molar refractivity (Wildman–Crippen MR) is 199 cm³/mol. The normalized spacial score (nSPS) is 11.8. The summed E-state index contributed by atoms with van der Waals surface area (Å²) in [5, 5.41) is 8.28. The third-order valence-corrected chi connectivity index (χ3v) is 10.4. The van der Waals surface area contributed by atoms with E-state index in [1.807, 2.05) is 29.5 Å². The SMILES string of the molecule is c1ccc(-c2ccc3ccc4ccc(-c5ccc(-c6nc7cc8ccccc8cc7c7sc8ccccc8c67)cc5)nc4c3n2)cc1. The fourth-order valence-corrected chi connectivity index (χ4v) is 8.08. The lowest BCUT2D eigenvalue weighted by Crippen LogP contribution is -1.91. The van der Waals surface area contributed by atoms with Crippen LogP contribution in [0.15, 0.2) is 152 Å². The molecule has 0 atom stereocenters. The van der Waals surface area contributed by atoms with Crippen LogP contribution in [0.5, 0.6) is 0 Å². The summed E-state index contributed by atoms with van der Waals surface area (Å²) >= 11 is 1.85. The van der Waals surface area contributed by atoms with Crippen LogP contribution in [0.1, 0.15) is 0 Å². The van der Waals surface area contributed by atoms with Gasteiger partial charge in [-0.2, -0.15) is 0 Å². The average Bonchev–Trinajstić information content (AvgIpc) is 3.54. The molecule has 0 aliphatic carbocycles. The molecule has 0 bridgehead atoms. The Morgan fingerprint density at radius 3 is 1.70 bits per heavy atom. The molecule has 4 heterocycles. The molecule has 0 N–H and O–H groups in total. The molecule has 4 heteroatoms. The van der Waals surface area contributed by atoms with Crippen LogP contribution in [-0.2, 0) is 0 Å². The second-order valence-corrected chi connectivity index (χ2v) is 13.1. The van der Waals surface area contributed by atoms with Gasteiger partial charge in [0.05, 0.1) is 33.6 Å². The minimum Gasteiger partial charge on any atom is -0.247 e. The van der Waals surface area contributed by atoms with E-state index in [0.717, 1.165) is 61.1 Å². The second kappa shape index (κ2) is 10.3. The molecule has 0 unspecified atom stereocenters. The Hall–Kier alpha value is -5.97. The summed E-state index contributed by atoms with van der Waals surface area (Å²) in [5.41, 5.74) is 9.00. The summed E-state index contributed by atoms with van der Waals surface area (Å²) in [6, 6.07) is 53.5. The molecule has 0 aliphatic rings. The fraction of sp³-hybridized carbons (Fsp3) is 0. The smallest absolute Gasteiger partial charge is 0.0972 e. The summed E-state index contributed by atoms with van der Waals surface area (Å²) < 4.78 is 2.56. The first kappa shape index (κ1) is 26.3. The maximum Gasteiger partial charge on any atom is 0.0972 e. The van der Waals surface area contributed by atoms with Crippen LogP contribution in [0.4, 0.5) is 0 Å². The van der Waals surface area contributed by atoms with Crippen molar-refractivity contribution in [3.63, 3.8) is 0 Å². The highest BCUT2D eigenvalue weighted by Gasteiger charge is 2.17. The second-order valence-electron chi connectivity index (χ2n) is 12.0. The van der Waals surface area contributed by atoms with Gasteiger partial charge < -0.3 is 0 Å². The lowest BCUT2D eigenvalue weighted by Gasteiger charge is -2.11. The van der Waals surface area contributed by atoms with Crippen molar-refractivity contribution < 1.29 is 0 Å². The molecule has 0 saturated carbocycles. The Bertz CT molecular complexity index is 2840. The zero-order chi connectivity index (χ0) is 30.9. The summed E-state index contributed by atoms with van der Waals surface area (Å²) in [5.74, 6) is 0. The molecule has 10 aromatic rings. The topological polar surface area (TPSA) is 38.7 Å². The zero-order valence-electron chi connectivity index (χ0n) is 25.2. The van der Waals surface area contributed by atoms with E-state index in [1.165, 1.54) is 36.3 Å². The molecule has 0 spiro atoms. The van der Waals surface area contributed by atoms with Gasteiger partial charge in [-0.25, -0.2) is 15.0 Å². The van der Waals surface area contributed by atoms with Crippen molar-refractivity contribution in [1.82, 2.24) is 15.0 Å². The van der Waals surface area contributed by atoms with Crippen LogP contribution in [0.3, 0.4) is 0 Å². The van der Waals surface area contributed by atoms with Crippen molar-refractivity contribution in [2.75, 3.05) is 0 Å². The van der Waals surface area contributed by atoms with Crippen molar-refractivity contribution in [3.8, 4) is 33.8 Å². The molecule has 0 saturated heterocycles. The van der Waals surface area contributed by atoms with Gasteiger partial charge in [-0.1, -0.05) is 121 Å². The number of thiophene rings is 1. The van der Waals surface area contributed by atoms with Crippen LogP contribution < -0.4 is 0 Å². The molecule has 3 nitrogen and oxygen atoms in total. The number of benzene rings is 6. The molecule has 0 amide bonds. The van der Waals surface area contributed by atoms with E-state index in [2.05, 4.69) is 133 Å². The number of hydrogen-bond donors (Lipinski definition) is 0. The maximum atomic E-state index is 5.34. The Balaban J connectivity index is 1.12. The monoisotopic (exact) mass is 615 g/mol. The number of aromatic nitrogens is 3. The quantitative estimate of drug-likeness (QED) is 0.147. The van der Waals surface area contributed by atoms with Gasteiger partial charge in [-0.3, -0.25) is 0 Å². The minimum atomic E-state index is 0.914. The van der Waals surface area contributed by atoms with E-state index in [1.54, 1.807) is 0 Å². The van der Waals surface area contributed by atoms with E-state index < -0.39 is 0 Å². The van der Waals surface area contributed by atoms with Crippen molar-refractivity contribution in [1.29, 1.82) is 0 Å². The Morgan fingerprint density at radius 1 is 0.404 bits per heavy atom. The van der Waals surface area contributed by atoms with Gasteiger partial charge >= 0.3 is 0 Å². The third kappa shape index (κ3) is 4.23. The van der Waals surface area contributed by atoms with Crippen molar-refractivity contribution in [3.05, 3.63) is 152 Å². The van der Waals surface area contributed by atoms with E-state index in [0.29, 0.717) is 0 Å². The van der Waals surface area contributed by atoms with Gasteiger partial charge in [0.2, 0.25) is 0 Å². The maximum absolute atomic E-state index is 5.34. The number of fused-ring (bicyclic) bond motifs is 9. The number of pyridine rings is 3. The molecule has 47 heavy (non-hydrogen) atoms. The summed E-state index contributed by atoms with van der Waals surface area (Å²) in [4.78, 5) is 15.6. The molecule has 4 aromatic heterocycles. The Kier molecular flexibility index (Phi) is 5.74. The van der Waals surface area contributed by atoms with Gasteiger partial charge in [-0.15, -0.1) is 11.3 Å². The van der Waals surface area contributed by atoms with Gasteiger partial charge in [0.25, 0.3) is 0 Å². The van der Waals surface area contributed by atoms with E-state index in [4.69, 9.17) is 15.0 Å². The standard InChI is InChI=1S/C43H25N3S/c1-2-8-26(9-3-1)35-22-20-29-18-19-30-21-23-36(45-42(30)41(29)44-35)27-14-16-28(17-15-27)40-39-33-12-6-7-13-38(33)47-43(39)34-24-31-10-4-5-11-32(31)25-37(34)46-40/h1-25H. The van der Waals surface area contributed by atoms with Gasteiger partial charge in [0.15, 0.2) is 0 Å². The minimum absolute atomic E-state index is 0.914. The highest BCUT2D eigenvalue weighted by molar-refractivity contribution is 7.26. The number of hydrogen-bond acceptors (Lipinski definition) is 4. The first-order valence-corrected chi connectivity index (χ1v) is 16.6. The van der Waals surface area contributed by atoms with Crippen LogP contribution >= 0.6 is 11.3 Å². The van der Waals surface area contributed by atoms with Gasteiger partial charge in [0, 0.05) is 53.0 Å². The zero-order valence-corrected chi connectivity index (χ0v) is 26.0. The summed E-state index contributed by atoms with van der Waals surface area (Å²) in [7, 11) is 0. The molecule has 0 radical (unpaired) electrons. The highest BCUT2D eigenvalue weighted by Crippen LogP contribution is 2.43. The number of rotatable bonds is 3. The molecule has 6 aromatic carbocycles. The predicted octanol–water partition coefficient (Wildman–Crippen LogP) is 11.9. The first-order chi connectivity index (χ1) is 23.3. The Labute approximate surface area is 274 Å². The largest absolute Gasteiger partial charge is 0.247 e. The summed E-state index contributed by atoms with van der Waals surface area (Å²) in [6.07, 6.45) is 0. The average molecular weight is 616 g/mol. The molecule has 0 aliphatic heterocycles. The fourth-order valence-electron chi connectivity index (χ4n) is 6.86.